The number of hydrogen-bond donors (Lipinski definition) is 1. The first-order valence-electron chi connectivity index (χ1n) is 4.64. The Morgan fingerprint density at radius 1 is 1.57 bits per heavy atom. The van der Waals surface area contributed by atoms with E-state index in [1.807, 2.05) is 6.92 Å². The summed E-state index contributed by atoms with van der Waals surface area (Å²) in [5.74, 6) is 2.44. The Morgan fingerprint density at radius 3 is 2.79 bits per heavy atom. The maximum atomic E-state index is 13.0. The zero-order valence-electron chi connectivity index (χ0n) is 8.47. The van der Waals surface area contributed by atoms with Crippen molar-refractivity contribution in [2.24, 2.45) is 0 Å². The summed E-state index contributed by atoms with van der Waals surface area (Å²) in [5, 5.41) is 3.14. The van der Waals surface area contributed by atoms with Gasteiger partial charge in [0.1, 0.15) is 5.82 Å². The van der Waals surface area contributed by atoms with Gasteiger partial charge in [-0.15, -0.1) is 6.42 Å². The van der Waals surface area contributed by atoms with Crippen LogP contribution in [0.1, 0.15) is 24.1 Å². The van der Waals surface area contributed by atoms with Crippen molar-refractivity contribution in [1.82, 2.24) is 5.32 Å². The van der Waals surface area contributed by atoms with Gasteiger partial charge in [0.15, 0.2) is 0 Å². The van der Waals surface area contributed by atoms with Crippen molar-refractivity contribution >= 4 is 0 Å². The molecule has 0 radical (unpaired) electrons. The molecule has 0 aromatic heterocycles. The highest BCUT2D eigenvalue weighted by molar-refractivity contribution is 5.30. The minimum Gasteiger partial charge on any atom is -0.300 e. The van der Waals surface area contributed by atoms with Crippen LogP contribution in [0.15, 0.2) is 18.2 Å². The minimum absolute atomic E-state index is 0.126. The van der Waals surface area contributed by atoms with Gasteiger partial charge in [-0.3, -0.25) is 0 Å². The Labute approximate surface area is 84.3 Å². The summed E-state index contributed by atoms with van der Waals surface area (Å²) in [5.41, 5.74) is 1.56. The molecule has 0 aliphatic heterocycles. The van der Waals surface area contributed by atoms with Gasteiger partial charge in [-0.1, -0.05) is 25.0 Å². The fourth-order valence-electron chi connectivity index (χ4n) is 1.32. The molecule has 0 bridgehead atoms. The Hall–Kier alpha value is -1.33. The van der Waals surface area contributed by atoms with E-state index in [1.54, 1.807) is 19.1 Å². The molecule has 1 rings (SSSR count). The number of rotatable bonds is 3. The Bertz CT molecular complexity index is 352. The lowest BCUT2D eigenvalue weighted by atomic mass is 10.0. The van der Waals surface area contributed by atoms with Crippen LogP contribution in [0.25, 0.3) is 0 Å². The molecule has 0 aliphatic rings. The average molecular weight is 191 g/mol. The molecule has 0 aliphatic carbocycles. The summed E-state index contributed by atoms with van der Waals surface area (Å²) in [6, 6.07) is 4.82. The van der Waals surface area contributed by atoms with E-state index in [0.717, 1.165) is 12.1 Å². The van der Waals surface area contributed by atoms with Gasteiger partial charge < -0.3 is 5.32 Å². The smallest absolute Gasteiger partial charge is 0.126 e. The molecule has 1 unspecified atom stereocenters. The van der Waals surface area contributed by atoms with E-state index in [4.69, 9.17) is 6.42 Å². The average Bonchev–Trinajstić information content (AvgIpc) is 2.19. The summed E-state index contributed by atoms with van der Waals surface area (Å²) in [4.78, 5) is 0. The molecular formula is C12H14FN. The fraction of sp³-hybridized carbons (Fsp3) is 0.333. The van der Waals surface area contributed by atoms with Crippen molar-refractivity contribution < 1.29 is 4.39 Å². The van der Waals surface area contributed by atoms with E-state index < -0.39 is 0 Å². The summed E-state index contributed by atoms with van der Waals surface area (Å²) in [6.07, 6.45) is 5.37. The molecule has 0 spiro atoms. The molecule has 2 heteroatoms. The van der Waals surface area contributed by atoms with Crippen LogP contribution in [0.5, 0.6) is 0 Å². The molecule has 1 N–H and O–H groups in total. The number of hydrogen-bond acceptors (Lipinski definition) is 1. The number of aryl methyl sites for hydroxylation is 1. The zero-order chi connectivity index (χ0) is 10.6. The summed E-state index contributed by atoms with van der Waals surface area (Å²) in [6.45, 7) is 4.52. The van der Waals surface area contributed by atoms with Crippen molar-refractivity contribution in [3.63, 3.8) is 0 Å². The highest BCUT2D eigenvalue weighted by Gasteiger charge is 2.07. The Balaban J connectivity index is 2.95. The second-order valence-corrected chi connectivity index (χ2v) is 3.17. The van der Waals surface area contributed by atoms with Crippen LogP contribution in [-0.4, -0.2) is 6.54 Å². The monoisotopic (exact) mass is 191 g/mol. The molecular weight excluding hydrogens is 177 g/mol. The van der Waals surface area contributed by atoms with Crippen molar-refractivity contribution in [1.29, 1.82) is 0 Å². The Kier molecular flexibility index (Phi) is 3.67. The molecule has 1 atom stereocenters. The molecule has 0 saturated heterocycles. The standard InChI is InChI=1S/C12H14FN/c1-4-12(14-5-2)10-6-7-11(13)9(3)8-10/h1,6-8,12,14H,5H2,2-3H3. The van der Waals surface area contributed by atoms with Crippen molar-refractivity contribution in [3.8, 4) is 12.3 Å². The van der Waals surface area contributed by atoms with Gasteiger partial charge in [0.25, 0.3) is 0 Å². The van der Waals surface area contributed by atoms with Gasteiger partial charge >= 0.3 is 0 Å². The lowest BCUT2D eigenvalue weighted by Crippen LogP contribution is -2.19. The van der Waals surface area contributed by atoms with Crippen LogP contribution in [-0.2, 0) is 0 Å². The molecule has 0 heterocycles. The predicted molar refractivity (Wildman–Crippen MR) is 56.4 cm³/mol. The van der Waals surface area contributed by atoms with Crippen molar-refractivity contribution in [3.05, 3.63) is 35.1 Å². The van der Waals surface area contributed by atoms with Crippen LogP contribution in [0.2, 0.25) is 0 Å². The first kappa shape index (κ1) is 10.7. The van der Waals surface area contributed by atoms with Crippen LogP contribution in [0, 0.1) is 25.1 Å². The summed E-state index contributed by atoms with van der Waals surface area (Å²) < 4.78 is 13.0. The van der Waals surface area contributed by atoms with E-state index in [1.165, 1.54) is 6.07 Å². The zero-order valence-corrected chi connectivity index (χ0v) is 8.47. The number of benzene rings is 1. The maximum Gasteiger partial charge on any atom is 0.126 e. The van der Waals surface area contributed by atoms with Crippen LogP contribution >= 0.6 is 0 Å². The normalized spacial score (nSPS) is 12.1. The molecule has 0 amide bonds. The van der Waals surface area contributed by atoms with E-state index in [0.29, 0.717) is 5.56 Å². The first-order valence-corrected chi connectivity index (χ1v) is 4.64. The second-order valence-electron chi connectivity index (χ2n) is 3.17. The third-order valence-corrected chi connectivity index (χ3v) is 2.09. The number of terminal acetylenes is 1. The van der Waals surface area contributed by atoms with E-state index in [9.17, 15) is 4.39 Å². The van der Waals surface area contributed by atoms with Gasteiger partial charge in [-0.05, 0) is 30.7 Å². The van der Waals surface area contributed by atoms with Crippen molar-refractivity contribution in [2.75, 3.05) is 6.54 Å². The molecule has 1 nitrogen and oxygen atoms in total. The predicted octanol–water partition coefficient (Wildman–Crippen LogP) is 2.42. The van der Waals surface area contributed by atoms with Gasteiger partial charge in [0.05, 0.1) is 6.04 Å². The van der Waals surface area contributed by atoms with E-state index in [2.05, 4.69) is 11.2 Å². The lowest BCUT2D eigenvalue weighted by Gasteiger charge is -2.12. The quantitative estimate of drug-likeness (QED) is 0.723. The van der Waals surface area contributed by atoms with Crippen LogP contribution in [0.4, 0.5) is 4.39 Å². The lowest BCUT2D eigenvalue weighted by molar-refractivity contribution is 0.613. The minimum atomic E-state index is -0.194. The molecule has 0 saturated carbocycles. The second kappa shape index (κ2) is 4.78. The van der Waals surface area contributed by atoms with E-state index >= 15 is 0 Å². The topological polar surface area (TPSA) is 12.0 Å². The largest absolute Gasteiger partial charge is 0.300 e. The first-order chi connectivity index (χ1) is 6.69. The highest BCUT2D eigenvalue weighted by atomic mass is 19.1. The molecule has 1 aromatic carbocycles. The maximum absolute atomic E-state index is 13.0. The summed E-state index contributed by atoms with van der Waals surface area (Å²) >= 11 is 0. The SMILES string of the molecule is C#CC(NCC)c1ccc(F)c(C)c1. The van der Waals surface area contributed by atoms with Crippen LogP contribution in [0.3, 0.4) is 0 Å². The van der Waals surface area contributed by atoms with Crippen LogP contribution < -0.4 is 5.32 Å². The van der Waals surface area contributed by atoms with E-state index in [-0.39, 0.29) is 11.9 Å². The number of halogens is 1. The third kappa shape index (κ3) is 2.34. The van der Waals surface area contributed by atoms with Gasteiger partial charge in [0, 0.05) is 0 Å². The Morgan fingerprint density at radius 2 is 2.29 bits per heavy atom. The molecule has 0 fully saturated rings. The third-order valence-electron chi connectivity index (χ3n) is 2.09. The highest BCUT2D eigenvalue weighted by Crippen LogP contribution is 2.15. The van der Waals surface area contributed by atoms with Gasteiger partial charge in [-0.2, -0.15) is 0 Å². The fourth-order valence-corrected chi connectivity index (χ4v) is 1.32. The molecule has 14 heavy (non-hydrogen) atoms. The van der Waals surface area contributed by atoms with Gasteiger partial charge in [-0.25, -0.2) is 4.39 Å². The summed E-state index contributed by atoms with van der Waals surface area (Å²) in [7, 11) is 0. The number of nitrogens with one attached hydrogen (secondary N) is 1. The van der Waals surface area contributed by atoms with Crippen molar-refractivity contribution in [2.45, 2.75) is 19.9 Å². The van der Waals surface area contributed by atoms with Gasteiger partial charge in [0.2, 0.25) is 0 Å². The molecule has 1 aromatic rings. The molecule has 74 valence electrons.